The van der Waals surface area contributed by atoms with E-state index in [0.29, 0.717) is 9.75 Å². The molecule has 4 heterocycles. The van der Waals surface area contributed by atoms with E-state index in [4.69, 9.17) is 70.7 Å². The van der Waals surface area contributed by atoms with Crippen molar-refractivity contribution in [3.8, 4) is 0 Å². The molecule has 32 nitrogen and oxygen atoms in total. The highest BCUT2D eigenvalue weighted by Crippen LogP contribution is 2.68. The van der Waals surface area contributed by atoms with Crippen LogP contribution in [0.2, 0.25) is 13.1 Å². The van der Waals surface area contributed by atoms with Crippen molar-refractivity contribution in [1.29, 1.82) is 0 Å². The topological polar surface area (TPSA) is 428 Å². The third kappa shape index (κ3) is 19.6. The Balaban J connectivity index is 0.000000258. The van der Waals surface area contributed by atoms with Crippen molar-refractivity contribution in [3.05, 3.63) is 169 Å². The molecule has 5 aromatic rings. The molecular formula is C98H125FN2O30S2Si. The molecule has 36 heteroatoms. The molecule has 4 saturated carbocycles. The quantitative estimate of drug-likeness (QED) is 0.0175. The molecule has 2 aliphatic heterocycles. The molecule has 4 bridgehead atoms. The lowest BCUT2D eigenvalue weighted by atomic mass is 9.44. The van der Waals surface area contributed by atoms with Crippen LogP contribution in [0.3, 0.4) is 0 Å². The molecule has 2 aromatic heterocycles. The average molecular weight is 1920 g/mol. The van der Waals surface area contributed by atoms with E-state index < -0.39 is 245 Å². The van der Waals surface area contributed by atoms with Crippen LogP contribution < -0.4 is 15.8 Å². The van der Waals surface area contributed by atoms with Gasteiger partial charge < -0.3 is 96.7 Å². The first-order chi connectivity index (χ1) is 62.1. The molecule has 730 valence electrons. The van der Waals surface area contributed by atoms with Gasteiger partial charge in [-0.05, 0) is 185 Å². The fourth-order valence-electron chi connectivity index (χ4n) is 21.1. The maximum Gasteiger partial charge on any atom is 0.509 e. The minimum atomic E-state index is -3.01. The van der Waals surface area contributed by atoms with E-state index in [-0.39, 0.29) is 77.4 Å². The predicted molar refractivity (Wildman–Crippen MR) is 486 cm³/mol. The monoisotopic (exact) mass is 1920 g/mol. The molecule has 6 aliphatic carbocycles. The number of carbonyl (C=O) groups excluding carboxylic acids is 12. The number of nitrogens with one attached hydrogen (secondary N) is 2. The summed E-state index contributed by atoms with van der Waals surface area (Å²) in [6.45, 7) is 34.7. The summed E-state index contributed by atoms with van der Waals surface area (Å²) in [5.74, 6) is -11.6. The van der Waals surface area contributed by atoms with E-state index in [1.807, 2.05) is 43.4 Å². The molecule has 0 spiro atoms. The Bertz CT molecular complexity index is 5270. The van der Waals surface area contributed by atoms with Crippen molar-refractivity contribution < 1.29 is 148 Å². The van der Waals surface area contributed by atoms with Crippen molar-refractivity contribution in [1.82, 2.24) is 10.6 Å². The zero-order valence-electron chi connectivity index (χ0n) is 79.6. The first-order valence-corrected chi connectivity index (χ1v) is 49.5. The number of esters is 6. The van der Waals surface area contributed by atoms with Gasteiger partial charge in [0.05, 0.1) is 96.3 Å². The number of ether oxygens (including phenoxy) is 14. The van der Waals surface area contributed by atoms with Gasteiger partial charge in [-0.2, -0.15) is 0 Å². The van der Waals surface area contributed by atoms with Crippen LogP contribution in [-0.4, -0.2) is 217 Å². The highest BCUT2D eigenvalue weighted by Gasteiger charge is 2.81. The van der Waals surface area contributed by atoms with E-state index >= 15 is 9.59 Å². The molecule has 2 unspecified atom stereocenters. The number of benzene rings is 3. The van der Waals surface area contributed by atoms with Crippen molar-refractivity contribution in [2.45, 2.75) is 284 Å². The van der Waals surface area contributed by atoms with Crippen LogP contribution in [0, 0.1) is 45.3 Å². The lowest BCUT2D eigenvalue weighted by molar-refractivity contribution is -0.346. The van der Waals surface area contributed by atoms with Gasteiger partial charge in [-0.3, -0.25) is 33.5 Å². The fraction of sp³-hybridized carbons (Fsp3) is 0.571. The number of alkyl carbamates (subject to hydrolysis) is 2. The summed E-state index contributed by atoms with van der Waals surface area (Å²) >= 11 is 2.60. The van der Waals surface area contributed by atoms with Crippen molar-refractivity contribution in [2.24, 2.45) is 45.3 Å². The van der Waals surface area contributed by atoms with Gasteiger partial charge in [-0.25, -0.2) is 28.8 Å². The number of ketones is 2. The van der Waals surface area contributed by atoms with E-state index in [9.17, 15) is 63.3 Å². The molecule has 2 amide bonds. The fourth-order valence-corrected chi connectivity index (χ4v) is 25.0. The minimum Gasteiger partial charge on any atom is -0.457 e. The van der Waals surface area contributed by atoms with Gasteiger partial charge in [0.25, 0.3) is 0 Å². The highest BCUT2D eigenvalue weighted by molar-refractivity contribution is 7.10. The second kappa shape index (κ2) is 39.4. The summed E-state index contributed by atoms with van der Waals surface area (Å²) in [5, 5.41) is 50.2. The molecule has 5 N–H and O–H groups in total. The number of thiophene rings is 2. The average Bonchev–Trinajstić information content (AvgIpc) is 0.760. The first-order valence-electron chi connectivity index (χ1n) is 44.8. The minimum absolute atomic E-state index is 0. The van der Waals surface area contributed by atoms with Crippen LogP contribution in [0.25, 0.3) is 0 Å². The number of hydrogen-bond donors (Lipinski definition) is 5. The number of carbonyl (C=O) groups is 12. The number of hydrogen-bond acceptors (Lipinski definition) is 32. The van der Waals surface area contributed by atoms with Crippen LogP contribution >= 0.6 is 22.7 Å². The molecule has 8 aliphatic rings. The van der Waals surface area contributed by atoms with Gasteiger partial charge in [0, 0.05) is 60.1 Å². The van der Waals surface area contributed by atoms with Crippen LogP contribution in [0.5, 0.6) is 0 Å². The molecule has 0 radical (unpaired) electrons. The molecule has 134 heavy (non-hydrogen) atoms. The SMILES string of the molecule is CCOC(=O)O[C@H]1C(=O)[C@@]2(C)C([C@H](OC(=O)c3ccccc3)[C@]3(O)C[C@H](OC(=O)[C@H](C)[C@@H](NC(=O)OC(C)(C)C)c4cccs4)C(C)=C1C3(C)C)[C@]1(OC(C)=O)CO[C@@H]1C[C@@H]2O.CCOC(=O)O[C@H]1C(=O)[C@@]2(C)C([C@H](OC(=O)c3ccccc3)[C@]3(O)C[C@H](OC(=O)[C@H](C)[C@@H](NC(=O)OC(C)(C)C)c4cccs4)C(C)=C1C3(C)C)[C@]1(OC(C)=O)CO[C@@H]1C[C@@H]2O[Si](C)(C)c1ccccc1.F. The Morgan fingerprint density at radius 2 is 0.888 bits per heavy atom. The zero-order valence-corrected chi connectivity index (χ0v) is 82.2. The van der Waals surface area contributed by atoms with Crippen molar-refractivity contribution in [2.75, 3.05) is 26.4 Å². The second-order valence-electron chi connectivity index (χ2n) is 39.6. The van der Waals surface area contributed by atoms with E-state index in [2.05, 4.69) is 10.6 Å². The van der Waals surface area contributed by atoms with Crippen LogP contribution in [-0.2, 0) is 99.5 Å². The van der Waals surface area contributed by atoms with Gasteiger partial charge in [-0.15, -0.1) is 22.7 Å². The Kier molecular flexibility index (Phi) is 30.6. The third-order valence-corrected chi connectivity index (χ3v) is 32.4. The van der Waals surface area contributed by atoms with Crippen LogP contribution in [0.4, 0.5) is 23.9 Å². The van der Waals surface area contributed by atoms with Gasteiger partial charge in [0.2, 0.25) is 8.32 Å². The number of Topliss-reactive ketones (excluding diaryl/α,β-unsaturated/α-hetero) is 2. The summed E-state index contributed by atoms with van der Waals surface area (Å²) in [6.07, 6.45) is -19.7. The number of aliphatic hydroxyl groups is 3. The predicted octanol–water partition coefficient (Wildman–Crippen LogP) is 13.8. The van der Waals surface area contributed by atoms with Gasteiger partial charge in [0.1, 0.15) is 59.0 Å². The Morgan fingerprint density at radius 1 is 0.522 bits per heavy atom. The smallest absolute Gasteiger partial charge is 0.457 e. The number of halogens is 1. The Morgan fingerprint density at radius 3 is 1.23 bits per heavy atom. The van der Waals surface area contributed by atoms with Crippen LogP contribution in [0.1, 0.15) is 207 Å². The summed E-state index contributed by atoms with van der Waals surface area (Å²) < 4.78 is 91.5. The molecule has 3 aromatic carbocycles. The van der Waals surface area contributed by atoms with E-state index in [1.54, 1.807) is 201 Å². The van der Waals surface area contributed by atoms with Gasteiger partial charge >= 0.3 is 60.3 Å². The number of aliphatic hydroxyl groups excluding tert-OH is 1. The molecule has 22 atom stereocenters. The summed E-state index contributed by atoms with van der Waals surface area (Å²) in [5.41, 5.74) is -16.4. The lowest BCUT2D eigenvalue weighted by Gasteiger charge is -2.68. The highest BCUT2D eigenvalue weighted by atomic mass is 32.1. The standard InChI is InChI=1S/C53H67NO15SSi.C45H57NO15S.FH/c1-13-62-48(60)65-41-39-30(2)35(64-45(57)31(3)40(36-25-20-26-70-36)54-47(59)68-49(5,6)7)28-53(61,50(39,8)9)44(66-46(58)33-21-16-14-17-22-33)42-51(10,43(41)56)37(27-38-52(42,29-63-38)67-32(4)55)69-71(11,12)34-23-18-15-19-24-34;1-11-55-40(53)58-33-31-23(2)27(57-37(50)24(3)32(28-18-15-19-62-28)46-39(52)61-41(5,6)7)21-45(54,42(31,8)9)36(59-38(51)26-16-13-12-14-17-26)34-43(10,35(33)49)29(48)20-30-44(34,22-56-30)60-25(4)47;/h14-26,31,35,37-38,40-42,44,61H,13,27-29H2,1-12H3,(H,54,59);12-19,24,27,29-30,32-34,36,48,54H,11,20-22H2,1-10H3,(H,46,52);1H/t31-,35+,37+,38-,40-,41-,42?,44+,51-,52+,53-;24-,27+,29+,30-,32-,33-,34?,36+,43-,44+,45-;/m11./s1. The molecule has 13 rings (SSSR count). The third-order valence-electron chi connectivity index (χ3n) is 27.9. The molecule has 2 saturated heterocycles. The summed E-state index contributed by atoms with van der Waals surface area (Å²) in [7, 11) is -3.01. The van der Waals surface area contributed by atoms with E-state index in [0.717, 1.165) is 12.1 Å². The maximum atomic E-state index is 16.5. The lowest BCUT2D eigenvalue weighted by Crippen LogP contribution is -2.82. The summed E-state index contributed by atoms with van der Waals surface area (Å²) in [4.78, 5) is 172. The second-order valence-corrected chi connectivity index (χ2v) is 45.4. The first kappa shape index (κ1) is 104. The molecular weight excluding hydrogens is 1800 g/mol. The maximum absolute atomic E-state index is 16.5. The molecule has 6 fully saturated rings. The van der Waals surface area contributed by atoms with E-state index in [1.165, 1.54) is 48.7 Å². The van der Waals surface area contributed by atoms with Gasteiger partial charge in [-0.1, -0.05) is 107 Å². The zero-order chi connectivity index (χ0) is 97.8. The van der Waals surface area contributed by atoms with Crippen LogP contribution in [0.15, 0.2) is 148 Å². The number of fused-ring (bicyclic) bond motifs is 10. The van der Waals surface area contributed by atoms with Crippen molar-refractivity contribution >= 4 is 108 Å². The Hall–Kier alpha value is -10.3. The number of amides is 2. The Labute approximate surface area is 787 Å². The summed E-state index contributed by atoms with van der Waals surface area (Å²) in [6, 6.07) is 30.8. The van der Waals surface area contributed by atoms with Gasteiger partial charge in [0.15, 0.2) is 35.0 Å². The largest absolute Gasteiger partial charge is 0.509 e. The normalized spacial score (nSPS) is 30.7. The van der Waals surface area contributed by atoms with Crippen molar-refractivity contribution in [3.63, 3.8) is 0 Å². The number of rotatable bonds is 23.